The van der Waals surface area contributed by atoms with Crippen molar-refractivity contribution in [2.24, 2.45) is 5.73 Å². The normalized spacial score (nSPS) is 18.6. The van der Waals surface area contributed by atoms with Crippen LogP contribution in [0.3, 0.4) is 0 Å². The van der Waals surface area contributed by atoms with Gasteiger partial charge in [0.1, 0.15) is 29.8 Å². The number of rotatable bonds is 4. The molecule has 0 fully saturated rings. The number of hydrogen-bond donors (Lipinski definition) is 1. The number of carbonyl (C=O) groups excluding carboxylic acids is 1. The lowest BCUT2D eigenvalue weighted by atomic mass is 9.77. The minimum absolute atomic E-state index is 0.0135. The number of ketones is 1. The molecule has 0 spiro atoms. The average molecular weight is 441 g/mol. The molecule has 7 heteroatoms. The van der Waals surface area contributed by atoms with Crippen LogP contribution in [0.2, 0.25) is 10.0 Å². The number of carbonyl (C=O) groups is 1. The Bertz CT molecular complexity index is 1110. The summed E-state index contributed by atoms with van der Waals surface area (Å²) in [6.07, 6.45) is 1.69. The van der Waals surface area contributed by atoms with Gasteiger partial charge in [0.05, 0.1) is 5.92 Å². The standard InChI is InChI=1S/C23H18Cl2N2O3/c24-14-6-4-13(5-7-14)12-29-19-9-8-15(25)10-16(19)21-17(11-26)23(27)30-20-3-1-2-18(28)22(20)21/h4-10,21H,1-3,12,27H2/t21-/m0/s1. The molecule has 0 aromatic heterocycles. The smallest absolute Gasteiger partial charge is 0.205 e. The van der Waals surface area contributed by atoms with Gasteiger partial charge in [0.2, 0.25) is 5.88 Å². The SMILES string of the molecule is N#CC1=C(N)OC2=C(C(=O)CCC2)[C@H]1c1cc(Cl)ccc1OCc1ccc(Cl)cc1. The van der Waals surface area contributed by atoms with Crippen LogP contribution in [0.1, 0.15) is 36.3 Å². The zero-order valence-electron chi connectivity index (χ0n) is 16.0. The molecule has 0 saturated carbocycles. The fraction of sp³-hybridized carbons (Fsp3) is 0.217. The summed E-state index contributed by atoms with van der Waals surface area (Å²) in [5.74, 6) is 0.332. The van der Waals surface area contributed by atoms with Crippen molar-refractivity contribution >= 4 is 29.0 Å². The van der Waals surface area contributed by atoms with E-state index >= 15 is 0 Å². The number of benzene rings is 2. The van der Waals surface area contributed by atoms with E-state index in [2.05, 4.69) is 6.07 Å². The topological polar surface area (TPSA) is 85.3 Å². The highest BCUT2D eigenvalue weighted by molar-refractivity contribution is 6.31. The second kappa shape index (κ2) is 8.43. The van der Waals surface area contributed by atoms with Crippen LogP contribution in [0.4, 0.5) is 0 Å². The van der Waals surface area contributed by atoms with Gasteiger partial charge in [0.25, 0.3) is 0 Å². The number of halogens is 2. The maximum atomic E-state index is 12.8. The Labute approximate surface area is 184 Å². The number of hydrogen-bond acceptors (Lipinski definition) is 5. The fourth-order valence-corrected chi connectivity index (χ4v) is 4.09. The van der Waals surface area contributed by atoms with Crippen LogP contribution >= 0.6 is 23.2 Å². The summed E-state index contributed by atoms with van der Waals surface area (Å²) >= 11 is 12.2. The molecule has 152 valence electrons. The number of ether oxygens (including phenoxy) is 2. The molecule has 1 aliphatic heterocycles. The second-order valence-electron chi connectivity index (χ2n) is 7.14. The average Bonchev–Trinajstić information content (AvgIpc) is 2.73. The summed E-state index contributed by atoms with van der Waals surface area (Å²) in [7, 11) is 0. The van der Waals surface area contributed by atoms with E-state index in [0.717, 1.165) is 5.56 Å². The second-order valence-corrected chi connectivity index (χ2v) is 8.01. The fourth-order valence-electron chi connectivity index (χ4n) is 3.79. The first kappa shape index (κ1) is 20.3. The van der Waals surface area contributed by atoms with Crippen molar-refractivity contribution in [2.45, 2.75) is 31.8 Å². The lowest BCUT2D eigenvalue weighted by Crippen LogP contribution is -2.27. The van der Waals surface area contributed by atoms with Crippen LogP contribution in [0, 0.1) is 11.3 Å². The highest BCUT2D eigenvalue weighted by atomic mass is 35.5. The first-order valence-electron chi connectivity index (χ1n) is 9.48. The van der Waals surface area contributed by atoms with E-state index in [0.29, 0.717) is 52.0 Å². The van der Waals surface area contributed by atoms with E-state index in [1.165, 1.54) is 0 Å². The molecular formula is C23H18Cl2N2O3. The van der Waals surface area contributed by atoms with E-state index in [4.69, 9.17) is 38.4 Å². The van der Waals surface area contributed by atoms with Gasteiger partial charge in [-0.1, -0.05) is 35.3 Å². The van der Waals surface area contributed by atoms with Gasteiger partial charge in [-0.2, -0.15) is 5.26 Å². The van der Waals surface area contributed by atoms with Gasteiger partial charge in [-0.05, 0) is 42.3 Å². The van der Waals surface area contributed by atoms with Crippen LogP contribution < -0.4 is 10.5 Å². The molecule has 2 N–H and O–H groups in total. The Hall–Kier alpha value is -2.94. The van der Waals surface area contributed by atoms with Crippen molar-refractivity contribution in [1.29, 1.82) is 5.26 Å². The molecule has 0 saturated heterocycles. The number of nitrogens with two attached hydrogens (primary N) is 1. The van der Waals surface area contributed by atoms with E-state index in [1.54, 1.807) is 30.3 Å². The minimum atomic E-state index is -0.675. The predicted molar refractivity (Wildman–Crippen MR) is 114 cm³/mol. The van der Waals surface area contributed by atoms with Crippen molar-refractivity contribution < 1.29 is 14.3 Å². The maximum Gasteiger partial charge on any atom is 0.205 e. The lowest BCUT2D eigenvalue weighted by Gasteiger charge is -2.31. The van der Waals surface area contributed by atoms with Gasteiger partial charge in [0, 0.05) is 34.0 Å². The molecule has 1 heterocycles. The van der Waals surface area contributed by atoms with E-state index in [9.17, 15) is 10.1 Å². The molecule has 5 nitrogen and oxygen atoms in total. The van der Waals surface area contributed by atoms with Gasteiger partial charge in [-0.15, -0.1) is 0 Å². The van der Waals surface area contributed by atoms with Gasteiger partial charge in [0.15, 0.2) is 5.78 Å². The molecule has 1 aliphatic carbocycles. The van der Waals surface area contributed by atoms with Gasteiger partial charge < -0.3 is 15.2 Å². The summed E-state index contributed by atoms with van der Waals surface area (Å²) in [6.45, 7) is 0.288. The monoisotopic (exact) mass is 440 g/mol. The van der Waals surface area contributed by atoms with E-state index in [1.807, 2.05) is 12.1 Å². The van der Waals surface area contributed by atoms with Crippen molar-refractivity contribution in [3.8, 4) is 11.8 Å². The lowest BCUT2D eigenvalue weighted by molar-refractivity contribution is -0.116. The quantitative estimate of drug-likeness (QED) is 0.688. The van der Waals surface area contributed by atoms with Crippen molar-refractivity contribution in [3.63, 3.8) is 0 Å². The van der Waals surface area contributed by atoms with Crippen molar-refractivity contribution in [3.05, 3.63) is 86.4 Å². The molecule has 2 aromatic rings. The van der Waals surface area contributed by atoms with Crippen LogP contribution in [-0.2, 0) is 16.1 Å². The third-order valence-electron chi connectivity index (χ3n) is 5.20. The molecule has 1 atom stereocenters. The predicted octanol–water partition coefficient (Wildman–Crippen LogP) is 5.39. The zero-order chi connectivity index (χ0) is 21.3. The third kappa shape index (κ3) is 3.89. The summed E-state index contributed by atoms with van der Waals surface area (Å²) in [6, 6.07) is 14.6. The zero-order valence-corrected chi connectivity index (χ0v) is 17.5. The van der Waals surface area contributed by atoms with Gasteiger partial charge in [-0.25, -0.2) is 0 Å². The molecule has 30 heavy (non-hydrogen) atoms. The summed E-state index contributed by atoms with van der Waals surface area (Å²) < 4.78 is 11.7. The molecule has 2 aliphatic rings. The van der Waals surface area contributed by atoms with Crippen LogP contribution in [0.5, 0.6) is 5.75 Å². The molecule has 0 bridgehead atoms. The van der Waals surface area contributed by atoms with E-state index < -0.39 is 5.92 Å². The molecule has 0 unspecified atom stereocenters. The number of Topliss-reactive ketones (excluding diaryl/α,β-unsaturated/α-hetero) is 1. The van der Waals surface area contributed by atoms with Crippen molar-refractivity contribution in [2.75, 3.05) is 0 Å². The molecule has 2 aromatic carbocycles. The first-order valence-corrected chi connectivity index (χ1v) is 10.2. The van der Waals surface area contributed by atoms with Crippen LogP contribution in [0.15, 0.2) is 65.3 Å². The Kier molecular flexibility index (Phi) is 5.72. The Morgan fingerprint density at radius 1 is 1.13 bits per heavy atom. The highest BCUT2D eigenvalue weighted by Crippen LogP contribution is 2.46. The summed E-state index contributed by atoms with van der Waals surface area (Å²) in [4.78, 5) is 12.8. The Morgan fingerprint density at radius 3 is 2.60 bits per heavy atom. The maximum absolute atomic E-state index is 12.8. The molecule has 0 radical (unpaired) electrons. The first-order chi connectivity index (χ1) is 14.5. The molecule has 0 amide bonds. The van der Waals surface area contributed by atoms with E-state index in [-0.39, 0.29) is 23.8 Å². The Morgan fingerprint density at radius 2 is 1.87 bits per heavy atom. The summed E-state index contributed by atoms with van der Waals surface area (Å²) in [5.41, 5.74) is 8.23. The number of allylic oxidation sites excluding steroid dienone is 3. The van der Waals surface area contributed by atoms with Crippen LogP contribution in [0.25, 0.3) is 0 Å². The van der Waals surface area contributed by atoms with Gasteiger partial charge in [-0.3, -0.25) is 4.79 Å². The minimum Gasteiger partial charge on any atom is -0.489 e. The van der Waals surface area contributed by atoms with Crippen molar-refractivity contribution in [1.82, 2.24) is 0 Å². The number of nitriles is 1. The number of nitrogens with zero attached hydrogens (tertiary/aromatic N) is 1. The largest absolute Gasteiger partial charge is 0.489 e. The molecular weight excluding hydrogens is 423 g/mol. The Balaban J connectivity index is 1.77. The van der Waals surface area contributed by atoms with Crippen LogP contribution in [-0.4, -0.2) is 5.78 Å². The highest BCUT2D eigenvalue weighted by Gasteiger charge is 2.39. The summed E-state index contributed by atoms with van der Waals surface area (Å²) in [5, 5.41) is 10.9. The van der Waals surface area contributed by atoms with Gasteiger partial charge >= 0.3 is 0 Å². The molecule has 4 rings (SSSR count). The third-order valence-corrected chi connectivity index (χ3v) is 5.68.